The van der Waals surface area contributed by atoms with Gasteiger partial charge in [-0.15, -0.1) is 11.8 Å². The molecule has 4 unspecified atom stereocenters. The number of β-amino-alcohol motifs (C(OH)–C–C–N with tert-alkyl or cyclic N) is 1. The Balaban J connectivity index is -0.000000528. The molecule has 2 aliphatic heterocycles. The number of aliphatic hydroxyl groups is 1. The van der Waals surface area contributed by atoms with E-state index in [0.29, 0.717) is 18.7 Å². The molecular formula is C34H67N5O4S. The van der Waals surface area contributed by atoms with Crippen molar-refractivity contribution in [2.75, 3.05) is 47.2 Å². The SMILES string of the molecule is CC.CC.CCC/C(N)=C/N(N)C(C=O)C(C)(C)C.CN1CC(O)CC1C=O.CNCC1CCSc2ccccc21.COC. The fourth-order valence-corrected chi connectivity index (χ4v) is 5.58. The number of nitrogens with zero attached hydrogens (tertiary/aromatic N) is 2. The Hall–Kier alpha value is -1.95. The van der Waals surface area contributed by atoms with Gasteiger partial charge in [-0.1, -0.05) is 80.0 Å². The van der Waals surface area contributed by atoms with Gasteiger partial charge in [0, 0.05) is 44.1 Å². The molecule has 1 saturated heterocycles. The van der Waals surface area contributed by atoms with Crippen molar-refractivity contribution >= 4 is 24.3 Å². The number of methoxy groups -OCH3 is 1. The van der Waals surface area contributed by atoms with E-state index >= 15 is 0 Å². The molecule has 2 aliphatic rings. The standard InChI is InChI=1S/C11H23N3O.C11H15NS.C6H11NO2.C2H6O.2C2H6/c1-5-6-9(12)7-14(13)10(8-15)11(2,3)4;1-12-8-9-6-7-13-11-5-3-2-4-10(9)11;1-7-3-6(9)2-5(7)4-8;1-3-2;2*1-2/h7-8,10H,5-6,12-13H2,1-4H3;2-5,9,12H,6-8H2,1H3;4-6,9H,2-3H2,1H3;1-2H3;2*1-2H3/b9-7-;;;;;. The van der Waals surface area contributed by atoms with Gasteiger partial charge in [0.2, 0.25) is 0 Å². The minimum absolute atomic E-state index is 0.0556. The van der Waals surface area contributed by atoms with E-state index in [1.807, 2.05) is 86.1 Å². The Labute approximate surface area is 274 Å². The van der Waals surface area contributed by atoms with Crippen LogP contribution >= 0.6 is 11.8 Å². The van der Waals surface area contributed by atoms with Gasteiger partial charge in [0.05, 0.1) is 12.1 Å². The minimum Gasteiger partial charge on any atom is -0.401 e. The third-order valence-corrected chi connectivity index (χ3v) is 7.58. The molecule has 0 bridgehead atoms. The zero-order valence-electron chi connectivity index (χ0n) is 29.9. The topological polar surface area (TPSA) is 134 Å². The Morgan fingerprint density at radius 1 is 1.20 bits per heavy atom. The molecule has 10 heteroatoms. The van der Waals surface area contributed by atoms with Crippen LogP contribution in [0.4, 0.5) is 0 Å². The zero-order chi connectivity index (χ0) is 34.7. The Kier molecular flexibility index (Phi) is 30.1. The number of aldehydes is 2. The van der Waals surface area contributed by atoms with Crippen LogP contribution in [0.2, 0.25) is 0 Å². The number of carbonyl (C=O) groups is 2. The number of fused-ring (bicyclic) bond motifs is 1. The number of allylic oxidation sites excluding steroid dienone is 1. The number of nitrogens with two attached hydrogens (primary N) is 2. The molecule has 0 aromatic heterocycles. The largest absolute Gasteiger partial charge is 0.401 e. The van der Waals surface area contributed by atoms with Crippen LogP contribution in [-0.4, -0.2) is 92.9 Å². The van der Waals surface area contributed by atoms with Gasteiger partial charge in [-0.05, 0) is 62.1 Å². The summed E-state index contributed by atoms with van der Waals surface area (Å²) in [6, 6.07) is 8.37. The third kappa shape index (κ3) is 20.2. The van der Waals surface area contributed by atoms with E-state index in [1.54, 1.807) is 20.4 Å². The minimum atomic E-state index is -0.354. The van der Waals surface area contributed by atoms with E-state index < -0.39 is 0 Å². The van der Waals surface area contributed by atoms with Crippen LogP contribution in [0.15, 0.2) is 41.1 Å². The summed E-state index contributed by atoms with van der Waals surface area (Å²) in [4.78, 5) is 24.5. The summed E-state index contributed by atoms with van der Waals surface area (Å²) in [7, 11) is 7.12. The monoisotopic (exact) mass is 641 g/mol. The molecule has 0 radical (unpaired) electrons. The van der Waals surface area contributed by atoms with E-state index in [2.05, 4.69) is 34.3 Å². The van der Waals surface area contributed by atoms with Crippen LogP contribution in [-0.2, 0) is 14.3 Å². The molecule has 0 saturated carbocycles. The lowest BCUT2D eigenvalue weighted by atomic mass is 9.87. The summed E-state index contributed by atoms with van der Waals surface area (Å²) in [6.45, 7) is 17.7. The number of benzene rings is 1. The van der Waals surface area contributed by atoms with Crippen LogP contribution in [0.3, 0.4) is 0 Å². The molecule has 1 aromatic rings. The predicted molar refractivity (Wildman–Crippen MR) is 190 cm³/mol. The average molecular weight is 642 g/mol. The maximum absolute atomic E-state index is 10.9. The number of hydrogen-bond acceptors (Lipinski definition) is 10. The number of thioether (sulfide) groups is 1. The molecule has 1 aromatic carbocycles. The van der Waals surface area contributed by atoms with Gasteiger partial charge < -0.3 is 35.5 Å². The van der Waals surface area contributed by atoms with Crippen molar-refractivity contribution in [2.24, 2.45) is 17.0 Å². The summed E-state index contributed by atoms with van der Waals surface area (Å²) >= 11 is 1.99. The summed E-state index contributed by atoms with van der Waals surface area (Å²) in [5.41, 5.74) is 7.79. The van der Waals surface area contributed by atoms with Gasteiger partial charge in [-0.3, -0.25) is 4.90 Å². The third-order valence-electron chi connectivity index (χ3n) is 6.46. The molecule has 4 atom stereocenters. The van der Waals surface area contributed by atoms with Gasteiger partial charge in [0.25, 0.3) is 0 Å². The fraction of sp³-hybridized carbons (Fsp3) is 0.706. The highest BCUT2D eigenvalue weighted by Gasteiger charge is 2.28. The van der Waals surface area contributed by atoms with Crippen molar-refractivity contribution in [3.05, 3.63) is 41.7 Å². The Bertz CT molecular complexity index is 866. The molecule has 44 heavy (non-hydrogen) atoms. The highest BCUT2D eigenvalue weighted by molar-refractivity contribution is 7.99. The molecular weight excluding hydrogens is 574 g/mol. The van der Waals surface area contributed by atoms with Crippen LogP contribution < -0.4 is 16.9 Å². The Morgan fingerprint density at radius 2 is 1.77 bits per heavy atom. The number of likely N-dealkylation sites (N-methyl/N-ethyl adjacent to an activating group) is 2. The van der Waals surface area contributed by atoms with Gasteiger partial charge in [-0.2, -0.15) is 0 Å². The van der Waals surface area contributed by atoms with Crippen LogP contribution in [0, 0.1) is 5.41 Å². The Morgan fingerprint density at radius 3 is 2.18 bits per heavy atom. The number of likely N-dealkylation sites (tertiary alicyclic amines) is 1. The first kappa shape index (κ1) is 46.5. The normalized spacial score (nSPS) is 19.6. The number of nitrogens with one attached hydrogen (secondary N) is 1. The van der Waals surface area contributed by atoms with Gasteiger partial charge >= 0.3 is 0 Å². The fourth-order valence-electron chi connectivity index (χ4n) is 4.38. The number of hydrogen-bond donors (Lipinski definition) is 4. The molecule has 9 nitrogen and oxygen atoms in total. The second-order valence-corrected chi connectivity index (χ2v) is 12.4. The van der Waals surface area contributed by atoms with Crippen molar-refractivity contribution in [1.82, 2.24) is 15.2 Å². The maximum atomic E-state index is 10.9. The van der Waals surface area contributed by atoms with E-state index in [-0.39, 0.29) is 23.6 Å². The van der Waals surface area contributed by atoms with Crippen LogP contribution in [0.25, 0.3) is 0 Å². The first-order chi connectivity index (χ1) is 20.9. The van der Waals surface area contributed by atoms with Crippen LogP contribution in [0.1, 0.15) is 92.6 Å². The highest BCUT2D eigenvalue weighted by atomic mass is 32.2. The van der Waals surface area contributed by atoms with E-state index in [4.69, 9.17) is 16.7 Å². The summed E-state index contributed by atoms with van der Waals surface area (Å²) in [5.74, 6) is 7.78. The molecule has 0 spiro atoms. The molecule has 258 valence electrons. The summed E-state index contributed by atoms with van der Waals surface area (Å²) < 4.78 is 4.25. The lowest BCUT2D eigenvalue weighted by Gasteiger charge is -2.32. The lowest BCUT2D eigenvalue weighted by molar-refractivity contribution is -0.114. The molecule has 2 heterocycles. The number of aliphatic hydroxyl groups excluding tert-OH is 1. The molecule has 6 N–H and O–H groups in total. The predicted octanol–water partition coefficient (Wildman–Crippen LogP) is 5.43. The quantitative estimate of drug-likeness (QED) is 0.165. The second-order valence-electron chi connectivity index (χ2n) is 11.2. The smallest absolute Gasteiger partial charge is 0.144 e. The molecule has 0 amide bonds. The molecule has 0 aliphatic carbocycles. The lowest BCUT2D eigenvalue weighted by Crippen LogP contribution is -2.46. The van der Waals surface area contributed by atoms with E-state index in [9.17, 15) is 9.59 Å². The first-order valence-corrected chi connectivity index (χ1v) is 16.9. The summed E-state index contributed by atoms with van der Waals surface area (Å²) in [5, 5.41) is 13.7. The molecule has 1 fully saturated rings. The number of hydrazine groups is 1. The van der Waals surface area contributed by atoms with E-state index in [1.165, 1.54) is 27.6 Å². The maximum Gasteiger partial charge on any atom is 0.144 e. The van der Waals surface area contributed by atoms with Crippen LogP contribution in [0.5, 0.6) is 0 Å². The average Bonchev–Trinajstić information content (AvgIpc) is 3.33. The highest BCUT2D eigenvalue weighted by Crippen LogP contribution is 2.36. The van der Waals surface area contributed by atoms with Gasteiger partial charge in [-0.25, -0.2) is 5.84 Å². The van der Waals surface area contributed by atoms with Crippen molar-refractivity contribution in [3.8, 4) is 0 Å². The van der Waals surface area contributed by atoms with Gasteiger partial charge in [0.15, 0.2) is 0 Å². The van der Waals surface area contributed by atoms with Crippen molar-refractivity contribution < 1.29 is 19.4 Å². The first-order valence-electron chi connectivity index (χ1n) is 15.9. The van der Waals surface area contributed by atoms with Crippen molar-refractivity contribution in [3.63, 3.8) is 0 Å². The number of rotatable bonds is 8. The van der Waals surface area contributed by atoms with Crippen molar-refractivity contribution in [1.29, 1.82) is 0 Å². The molecule has 3 rings (SSSR count). The van der Waals surface area contributed by atoms with Crippen molar-refractivity contribution in [2.45, 2.75) is 110 Å². The summed E-state index contributed by atoms with van der Waals surface area (Å²) in [6.07, 6.45) is 6.76. The second kappa shape index (κ2) is 28.5. The van der Waals surface area contributed by atoms with E-state index in [0.717, 1.165) is 37.9 Å². The number of ether oxygens (including phenoxy) is 1. The zero-order valence-corrected chi connectivity index (χ0v) is 30.7. The number of carbonyl (C=O) groups excluding carboxylic acids is 2. The van der Waals surface area contributed by atoms with Gasteiger partial charge in [0.1, 0.15) is 18.6 Å².